The van der Waals surface area contributed by atoms with Crippen molar-refractivity contribution in [1.82, 2.24) is 15.5 Å². The Morgan fingerprint density at radius 3 is 2.50 bits per heavy atom. The van der Waals surface area contributed by atoms with Crippen molar-refractivity contribution in [3.63, 3.8) is 0 Å². The van der Waals surface area contributed by atoms with Gasteiger partial charge in [0.2, 0.25) is 0 Å². The first-order valence-corrected chi connectivity index (χ1v) is 8.55. The summed E-state index contributed by atoms with van der Waals surface area (Å²) in [6.45, 7) is 0. The predicted molar refractivity (Wildman–Crippen MR) is 93.2 cm³/mol. The number of ether oxygens (including phenoxy) is 1. The van der Waals surface area contributed by atoms with Gasteiger partial charge >= 0.3 is 6.03 Å². The van der Waals surface area contributed by atoms with Crippen LogP contribution in [0.5, 0.6) is 5.75 Å². The van der Waals surface area contributed by atoms with E-state index in [9.17, 15) is 19.7 Å². The Morgan fingerprint density at radius 1 is 1.27 bits per heavy atom. The third-order valence-electron chi connectivity index (χ3n) is 5.30. The maximum atomic E-state index is 12.3. The van der Waals surface area contributed by atoms with E-state index >= 15 is 0 Å². The molecule has 2 aliphatic heterocycles. The van der Waals surface area contributed by atoms with Crippen molar-refractivity contribution in [2.24, 2.45) is 0 Å². The molecule has 1 aromatic carbocycles. The minimum atomic E-state index is -0.662. The Kier molecular flexibility index (Phi) is 5.08. The van der Waals surface area contributed by atoms with Gasteiger partial charge in [0.05, 0.1) is 23.7 Å². The molecule has 2 heterocycles. The number of benzene rings is 1. The lowest BCUT2D eigenvalue weighted by molar-refractivity contribution is -0.384. The van der Waals surface area contributed by atoms with Crippen molar-refractivity contribution in [1.29, 1.82) is 0 Å². The molecule has 9 nitrogen and oxygen atoms in total. The Hall–Kier alpha value is -2.68. The van der Waals surface area contributed by atoms with Crippen LogP contribution in [0, 0.1) is 10.1 Å². The molecule has 0 radical (unpaired) electrons. The van der Waals surface area contributed by atoms with Gasteiger partial charge in [0.25, 0.3) is 11.6 Å². The number of carbonyl (C=O) groups excluding carboxylic acids is 2. The molecule has 2 N–H and O–H groups in total. The first-order valence-electron chi connectivity index (χ1n) is 8.55. The number of fused-ring (bicyclic) bond motifs is 2. The number of non-ortho nitro benzene ring substituents is 1. The fourth-order valence-electron chi connectivity index (χ4n) is 3.90. The molecule has 9 heteroatoms. The van der Waals surface area contributed by atoms with Crippen LogP contribution in [0.25, 0.3) is 0 Å². The molecule has 26 heavy (non-hydrogen) atoms. The number of carbonyl (C=O) groups is 2. The molecule has 0 spiro atoms. The van der Waals surface area contributed by atoms with Crippen molar-refractivity contribution >= 4 is 17.6 Å². The number of nitrogens with one attached hydrogen (secondary N) is 2. The molecular formula is C17H22N4O5. The Labute approximate surface area is 150 Å². The lowest BCUT2D eigenvalue weighted by atomic mass is 9.98. The van der Waals surface area contributed by atoms with Gasteiger partial charge in [-0.3, -0.25) is 20.2 Å². The van der Waals surface area contributed by atoms with Crippen molar-refractivity contribution in [3.05, 3.63) is 33.9 Å². The van der Waals surface area contributed by atoms with Crippen molar-refractivity contribution in [2.45, 2.75) is 43.8 Å². The minimum Gasteiger partial charge on any atom is -0.496 e. The zero-order valence-corrected chi connectivity index (χ0v) is 14.7. The van der Waals surface area contributed by atoms with Crippen LogP contribution >= 0.6 is 0 Å². The average Bonchev–Trinajstić information content (AvgIpc) is 2.82. The molecule has 3 atom stereocenters. The number of imide groups is 1. The van der Waals surface area contributed by atoms with Gasteiger partial charge in [0, 0.05) is 24.2 Å². The van der Waals surface area contributed by atoms with E-state index in [1.807, 2.05) is 0 Å². The molecule has 140 valence electrons. The zero-order chi connectivity index (χ0) is 18.8. The molecule has 0 aromatic heterocycles. The first kappa shape index (κ1) is 18.1. The molecule has 0 aliphatic carbocycles. The number of nitro benzene ring substituents is 1. The van der Waals surface area contributed by atoms with E-state index < -0.39 is 16.9 Å². The van der Waals surface area contributed by atoms with Gasteiger partial charge in [-0.25, -0.2) is 4.79 Å². The normalized spacial score (nSPS) is 24.8. The zero-order valence-electron chi connectivity index (χ0n) is 14.7. The second-order valence-electron chi connectivity index (χ2n) is 6.79. The maximum absolute atomic E-state index is 12.3. The summed E-state index contributed by atoms with van der Waals surface area (Å²) in [5.41, 5.74) is -0.124. The number of hydrogen-bond acceptors (Lipinski definition) is 6. The summed E-state index contributed by atoms with van der Waals surface area (Å²) in [5.74, 6) is -0.619. The summed E-state index contributed by atoms with van der Waals surface area (Å²) in [5, 5.41) is 15.9. The van der Waals surface area contributed by atoms with E-state index in [0.29, 0.717) is 12.1 Å². The minimum absolute atomic E-state index is 0.0373. The van der Waals surface area contributed by atoms with Crippen molar-refractivity contribution in [3.8, 4) is 5.75 Å². The van der Waals surface area contributed by atoms with Crippen LogP contribution in [0.2, 0.25) is 0 Å². The van der Waals surface area contributed by atoms with Crippen LogP contribution in [0.4, 0.5) is 10.5 Å². The molecule has 3 amide bonds. The number of methoxy groups -OCH3 is 1. The highest BCUT2D eigenvalue weighted by Gasteiger charge is 2.38. The third-order valence-corrected chi connectivity index (χ3v) is 5.30. The van der Waals surface area contributed by atoms with E-state index in [1.54, 1.807) is 0 Å². The molecule has 2 aliphatic rings. The van der Waals surface area contributed by atoms with Gasteiger partial charge in [-0.05, 0) is 38.8 Å². The lowest BCUT2D eigenvalue weighted by Crippen LogP contribution is -2.51. The third kappa shape index (κ3) is 3.62. The summed E-state index contributed by atoms with van der Waals surface area (Å²) in [4.78, 5) is 37.1. The van der Waals surface area contributed by atoms with Crippen LogP contribution < -0.4 is 15.4 Å². The summed E-state index contributed by atoms with van der Waals surface area (Å²) < 4.78 is 5.03. The van der Waals surface area contributed by atoms with Crippen LogP contribution in [0.3, 0.4) is 0 Å². The number of amides is 3. The van der Waals surface area contributed by atoms with Gasteiger partial charge in [-0.1, -0.05) is 0 Å². The monoisotopic (exact) mass is 362 g/mol. The number of hydrogen-bond donors (Lipinski definition) is 2. The van der Waals surface area contributed by atoms with Crippen LogP contribution in [-0.2, 0) is 0 Å². The van der Waals surface area contributed by atoms with Crippen LogP contribution in [0.1, 0.15) is 36.0 Å². The van der Waals surface area contributed by atoms with Gasteiger partial charge in [-0.15, -0.1) is 0 Å². The Balaban J connectivity index is 1.61. The van der Waals surface area contributed by atoms with Gasteiger partial charge < -0.3 is 15.0 Å². The Bertz CT molecular complexity index is 724. The van der Waals surface area contributed by atoms with Gasteiger partial charge in [0.15, 0.2) is 0 Å². The highest BCUT2D eigenvalue weighted by atomic mass is 16.6. The predicted octanol–water partition coefficient (Wildman–Crippen LogP) is 1.67. The molecule has 0 saturated carbocycles. The quantitative estimate of drug-likeness (QED) is 0.622. The summed E-state index contributed by atoms with van der Waals surface area (Å²) in [6, 6.07) is 4.05. The molecular weight excluding hydrogens is 340 g/mol. The topological polar surface area (TPSA) is 114 Å². The SMILES string of the molecule is COc1cc([N+](=O)[O-])ccc1C(=O)NC(=O)NC1C[C@H]2CC[C@@H](C1)N2C. The molecule has 2 saturated heterocycles. The number of piperidine rings is 1. The summed E-state index contributed by atoms with van der Waals surface area (Å²) in [6.07, 6.45) is 4.02. The van der Waals surface area contributed by atoms with Crippen molar-refractivity contribution < 1.29 is 19.2 Å². The first-order chi connectivity index (χ1) is 12.4. The maximum Gasteiger partial charge on any atom is 0.321 e. The van der Waals surface area contributed by atoms with E-state index in [-0.39, 0.29) is 23.0 Å². The van der Waals surface area contributed by atoms with Gasteiger partial charge in [-0.2, -0.15) is 0 Å². The molecule has 1 aromatic rings. The van der Waals surface area contributed by atoms with E-state index in [2.05, 4.69) is 22.6 Å². The van der Waals surface area contributed by atoms with E-state index in [0.717, 1.165) is 31.7 Å². The smallest absolute Gasteiger partial charge is 0.321 e. The largest absolute Gasteiger partial charge is 0.496 e. The highest BCUT2D eigenvalue weighted by molar-refractivity contribution is 6.06. The summed E-state index contributed by atoms with van der Waals surface area (Å²) >= 11 is 0. The van der Waals surface area contributed by atoms with Crippen LogP contribution in [-0.4, -0.2) is 54.0 Å². The van der Waals surface area contributed by atoms with E-state index in [1.165, 1.54) is 19.2 Å². The van der Waals surface area contributed by atoms with Crippen molar-refractivity contribution in [2.75, 3.05) is 14.2 Å². The molecule has 2 fully saturated rings. The number of rotatable bonds is 4. The van der Waals surface area contributed by atoms with Crippen LogP contribution in [0.15, 0.2) is 18.2 Å². The lowest BCUT2D eigenvalue weighted by Gasteiger charge is -2.36. The summed E-state index contributed by atoms with van der Waals surface area (Å²) in [7, 11) is 3.42. The molecule has 1 unspecified atom stereocenters. The standard InChI is InChI=1S/C17H22N4O5/c1-20-11-3-4-12(20)8-10(7-11)18-17(23)19-16(22)14-6-5-13(21(24)25)9-15(14)26-2/h5-6,9-12H,3-4,7-8H2,1-2H3,(H2,18,19,22,23)/t10?,11-,12+. The van der Waals surface area contributed by atoms with Gasteiger partial charge in [0.1, 0.15) is 5.75 Å². The fourth-order valence-corrected chi connectivity index (χ4v) is 3.90. The number of urea groups is 1. The fraction of sp³-hybridized carbons (Fsp3) is 0.529. The number of nitrogens with zero attached hydrogens (tertiary/aromatic N) is 2. The second kappa shape index (κ2) is 7.28. The molecule has 3 rings (SSSR count). The Morgan fingerprint density at radius 2 is 1.92 bits per heavy atom. The molecule has 2 bridgehead atoms. The average molecular weight is 362 g/mol. The number of nitro groups is 1. The highest BCUT2D eigenvalue weighted by Crippen LogP contribution is 2.34. The second-order valence-corrected chi connectivity index (χ2v) is 6.79. The van der Waals surface area contributed by atoms with E-state index in [4.69, 9.17) is 4.74 Å².